The number of carbonyl (C=O) groups excluding carboxylic acids is 1. The first-order valence-corrected chi connectivity index (χ1v) is 2.87. The first kappa shape index (κ1) is 7.59. The molecule has 5 heteroatoms. The predicted molar refractivity (Wildman–Crippen MR) is 34.4 cm³/mol. The number of esters is 1. The van der Waals surface area contributed by atoms with Gasteiger partial charge in [-0.15, -0.1) is 0 Å². The van der Waals surface area contributed by atoms with E-state index in [1.807, 2.05) is 0 Å². The van der Waals surface area contributed by atoms with Gasteiger partial charge in [-0.1, -0.05) is 5.16 Å². The summed E-state index contributed by atoms with van der Waals surface area (Å²) >= 11 is 0. The molecule has 0 aliphatic heterocycles. The molecule has 0 unspecified atom stereocenters. The van der Waals surface area contributed by atoms with E-state index in [1.54, 1.807) is 0 Å². The molecular formula is C6H7NO4. The van der Waals surface area contributed by atoms with Gasteiger partial charge in [0, 0.05) is 0 Å². The molecule has 1 aromatic rings. The number of hydrogen-bond acceptors (Lipinski definition) is 5. The van der Waals surface area contributed by atoms with Crippen molar-refractivity contribution in [2.75, 3.05) is 14.2 Å². The minimum atomic E-state index is -0.544. The highest BCUT2D eigenvalue weighted by Gasteiger charge is 2.11. The van der Waals surface area contributed by atoms with E-state index in [2.05, 4.69) is 19.2 Å². The maximum absolute atomic E-state index is 10.7. The van der Waals surface area contributed by atoms with Crippen LogP contribution >= 0.6 is 0 Å². The van der Waals surface area contributed by atoms with E-state index >= 15 is 0 Å². The van der Waals surface area contributed by atoms with Crippen LogP contribution in [0.15, 0.2) is 10.6 Å². The second-order valence-electron chi connectivity index (χ2n) is 1.73. The molecule has 60 valence electrons. The zero-order chi connectivity index (χ0) is 8.27. The Morgan fingerprint density at radius 3 is 2.82 bits per heavy atom. The fourth-order valence-corrected chi connectivity index (χ4v) is 0.555. The topological polar surface area (TPSA) is 61.6 Å². The van der Waals surface area contributed by atoms with Crippen LogP contribution in [0.1, 0.15) is 10.5 Å². The van der Waals surface area contributed by atoms with Crippen LogP contribution in [0.5, 0.6) is 5.95 Å². The maximum atomic E-state index is 10.7. The molecular weight excluding hydrogens is 150 g/mol. The van der Waals surface area contributed by atoms with Crippen LogP contribution in [0, 0.1) is 0 Å². The van der Waals surface area contributed by atoms with E-state index in [0.717, 1.165) is 0 Å². The maximum Gasteiger partial charge on any atom is 0.360 e. The van der Waals surface area contributed by atoms with E-state index < -0.39 is 5.97 Å². The van der Waals surface area contributed by atoms with E-state index in [4.69, 9.17) is 0 Å². The summed E-state index contributed by atoms with van der Waals surface area (Å²) in [5.74, 6) is -0.359. The fourth-order valence-electron chi connectivity index (χ4n) is 0.555. The average molecular weight is 157 g/mol. The molecule has 0 spiro atoms. The fraction of sp³-hybridized carbons (Fsp3) is 0.333. The molecule has 0 fully saturated rings. The Bertz CT molecular complexity index is 255. The van der Waals surface area contributed by atoms with Crippen LogP contribution in [-0.2, 0) is 4.74 Å². The summed E-state index contributed by atoms with van der Waals surface area (Å²) in [6.45, 7) is 0. The van der Waals surface area contributed by atoms with Crippen LogP contribution in [0.3, 0.4) is 0 Å². The molecule has 0 atom stereocenters. The molecule has 0 aromatic carbocycles. The first-order valence-electron chi connectivity index (χ1n) is 2.87. The third-order valence-corrected chi connectivity index (χ3v) is 1.08. The highest BCUT2D eigenvalue weighted by atomic mass is 16.6. The number of aromatic nitrogens is 1. The van der Waals surface area contributed by atoms with Gasteiger partial charge in [-0.2, -0.15) is 0 Å². The summed E-state index contributed by atoms with van der Waals surface area (Å²) in [6, 6.07) is 1.35. The number of ether oxygens (including phenoxy) is 2. The zero-order valence-electron chi connectivity index (χ0n) is 6.16. The van der Waals surface area contributed by atoms with E-state index in [9.17, 15) is 4.79 Å². The lowest BCUT2D eigenvalue weighted by atomic mass is 10.4. The molecule has 5 nitrogen and oxygen atoms in total. The lowest BCUT2D eigenvalue weighted by molar-refractivity contribution is 0.0589. The third-order valence-electron chi connectivity index (χ3n) is 1.08. The smallest absolute Gasteiger partial charge is 0.360 e. The zero-order valence-corrected chi connectivity index (χ0v) is 6.16. The van der Waals surface area contributed by atoms with Gasteiger partial charge in [-0.3, -0.25) is 0 Å². The van der Waals surface area contributed by atoms with Gasteiger partial charge in [-0.05, 0) is 0 Å². The minimum absolute atomic E-state index is 0.101. The average Bonchev–Trinajstić information content (AvgIpc) is 2.50. The molecule has 1 aromatic heterocycles. The van der Waals surface area contributed by atoms with Gasteiger partial charge in [0.1, 0.15) is 0 Å². The van der Waals surface area contributed by atoms with Crippen LogP contribution in [0.25, 0.3) is 0 Å². The van der Waals surface area contributed by atoms with Crippen molar-refractivity contribution in [2.24, 2.45) is 0 Å². The Morgan fingerprint density at radius 2 is 2.36 bits per heavy atom. The normalized spacial score (nSPS) is 9.27. The summed E-state index contributed by atoms with van der Waals surface area (Å²) in [5, 5.41) is 3.38. The van der Waals surface area contributed by atoms with Crippen molar-refractivity contribution in [1.82, 2.24) is 5.16 Å². The van der Waals surface area contributed by atoms with E-state index in [-0.39, 0.29) is 11.6 Å². The number of nitrogens with zero attached hydrogens (tertiary/aromatic N) is 1. The first-order chi connectivity index (χ1) is 5.27. The van der Waals surface area contributed by atoms with Gasteiger partial charge in [0.05, 0.1) is 20.3 Å². The molecule has 0 N–H and O–H groups in total. The van der Waals surface area contributed by atoms with Gasteiger partial charge in [-0.25, -0.2) is 4.79 Å². The molecule has 0 radical (unpaired) electrons. The molecule has 0 bridgehead atoms. The van der Waals surface area contributed by atoms with Gasteiger partial charge < -0.3 is 14.0 Å². The SMILES string of the molecule is COC(=O)c1cc(OC)on1. The van der Waals surface area contributed by atoms with Crippen molar-refractivity contribution in [3.63, 3.8) is 0 Å². The highest BCUT2D eigenvalue weighted by molar-refractivity contribution is 5.87. The Morgan fingerprint density at radius 1 is 1.64 bits per heavy atom. The standard InChI is InChI=1S/C6H7NO4/c1-9-5-3-4(7-11-5)6(8)10-2/h3H,1-2H3. The van der Waals surface area contributed by atoms with Gasteiger partial charge in [0.2, 0.25) is 0 Å². The Kier molecular flexibility index (Phi) is 2.10. The minimum Gasteiger partial charge on any atom is -0.467 e. The Balaban J connectivity index is 2.80. The summed E-state index contributed by atoms with van der Waals surface area (Å²) in [7, 11) is 2.69. The van der Waals surface area contributed by atoms with Crippen molar-refractivity contribution >= 4 is 5.97 Å². The van der Waals surface area contributed by atoms with Crippen LogP contribution in [-0.4, -0.2) is 25.3 Å². The van der Waals surface area contributed by atoms with Gasteiger partial charge >= 0.3 is 11.9 Å². The lowest BCUT2D eigenvalue weighted by Gasteiger charge is -1.88. The van der Waals surface area contributed by atoms with Crippen LogP contribution in [0.4, 0.5) is 0 Å². The number of methoxy groups -OCH3 is 2. The highest BCUT2D eigenvalue weighted by Crippen LogP contribution is 2.11. The van der Waals surface area contributed by atoms with Crippen molar-refractivity contribution in [3.05, 3.63) is 11.8 Å². The molecule has 0 saturated heterocycles. The third kappa shape index (κ3) is 1.49. The lowest BCUT2D eigenvalue weighted by Crippen LogP contribution is -2.00. The molecule has 0 amide bonds. The summed E-state index contributed by atoms with van der Waals surface area (Å²) in [6.07, 6.45) is 0. The van der Waals surface area contributed by atoms with E-state index in [0.29, 0.717) is 0 Å². The van der Waals surface area contributed by atoms with Crippen molar-refractivity contribution < 1.29 is 18.8 Å². The van der Waals surface area contributed by atoms with Crippen LogP contribution in [0.2, 0.25) is 0 Å². The molecule has 0 saturated carbocycles. The Labute approximate surface area is 62.9 Å². The van der Waals surface area contributed by atoms with Crippen molar-refractivity contribution in [3.8, 4) is 5.95 Å². The Hall–Kier alpha value is -1.52. The van der Waals surface area contributed by atoms with E-state index in [1.165, 1.54) is 20.3 Å². The second-order valence-corrected chi connectivity index (χ2v) is 1.73. The van der Waals surface area contributed by atoms with Crippen molar-refractivity contribution in [1.29, 1.82) is 0 Å². The molecule has 1 rings (SSSR count). The summed E-state index contributed by atoms with van der Waals surface area (Å²) in [4.78, 5) is 10.7. The molecule has 11 heavy (non-hydrogen) atoms. The monoisotopic (exact) mass is 157 g/mol. The molecule has 0 aliphatic carbocycles. The summed E-state index contributed by atoms with van der Waals surface area (Å²) < 4.78 is 13.6. The number of carbonyl (C=O) groups is 1. The second kappa shape index (κ2) is 3.05. The van der Waals surface area contributed by atoms with Crippen molar-refractivity contribution in [2.45, 2.75) is 0 Å². The number of hydrogen-bond donors (Lipinski definition) is 0. The summed E-state index contributed by atoms with van der Waals surface area (Å²) in [5.41, 5.74) is 0.101. The predicted octanol–water partition coefficient (Wildman–Crippen LogP) is 0.470. The van der Waals surface area contributed by atoms with Gasteiger partial charge in [0.15, 0.2) is 5.69 Å². The van der Waals surface area contributed by atoms with Gasteiger partial charge in [0.25, 0.3) is 0 Å². The number of rotatable bonds is 2. The quantitative estimate of drug-likeness (QED) is 0.584. The largest absolute Gasteiger partial charge is 0.467 e. The molecule has 1 heterocycles. The molecule has 0 aliphatic rings. The van der Waals surface area contributed by atoms with Crippen LogP contribution < -0.4 is 4.74 Å².